The fourth-order valence-corrected chi connectivity index (χ4v) is 4.14. The van der Waals surface area contributed by atoms with Crippen LogP contribution in [0.3, 0.4) is 0 Å². The number of amides is 1. The predicted molar refractivity (Wildman–Crippen MR) is 109 cm³/mol. The van der Waals surface area contributed by atoms with Gasteiger partial charge in [-0.1, -0.05) is 6.07 Å². The van der Waals surface area contributed by atoms with Gasteiger partial charge < -0.3 is 14.4 Å². The number of nitrogens with zero attached hydrogens (tertiary/aromatic N) is 2. The molecule has 154 valence electrons. The lowest BCUT2D eigenvalue weighted by Gasteiger charge is -2.34. The molecule has 0 unspecified atom stereocenters. The first kappa shape index (κ1) is 19.7. The summed E-state index contributed by atoms with van der Waals surface area (Å²) in [5.74, 6) is 1.20. The Bertz CT molecular complexity index is 878. The van der Waals surface area contributed by atoms with E-state index in [2.05, 4.69) is 17.0 Å². The largest absolute Gasteiger partial charge is 0.496 e. The zero-order valence-electron chi connectivity index (χ0n) is 16.8. The fourth-order valence-electron chi connectivity index (χ4n) is 4.14. The molecule has 2 aromatic rings. The van der Waals surface area contributed by atoms with Gasteiger partial charge >= 0.3 is 0 Å². The highest BCUT2D eigenvalue weighted by Gasteiger charge is 2.22. The van der Waals surface area contributed by atoms with Crippen LogP contribution in [0.4, 0.5) is 4.39 Å². The van der Waals surface area contributed by atoms with E-state index in [1.165, 1.54) is 29.7 Å². The molecule has 1 heterocycles. The van der Waals surface area contributed by atoms with Crippen molar-refractivity contribution in [2.24, 2.45) is 0 Å². The summed E-state index contributed by atoms with van der Waals surface area (Å²) in [4.78, 5) is 16.6. The van der Waals surface area contributed by atoms with Gasteiger partial charge in [0.05, 0.1) is 7.11 Å². The molecule has 0 spiro atoms. The normalized spacial score (nSPS) is 16.6. The summed E-state index contributed by atoms with van der Waals surface area (Å²) in [5, 5.41) is 0. The van der Waals surface area contributed by atoms with Crippen LogP contribution in [-0.2, 0) is 24.2 Å². The highest BCUT2D eigenvalue weighted by atomic mass is 19.1. The number of hydrogen-bond acceptors (Lipinski definition) is 4. The summed E-state index contributed by atoms with van der Waals surface area (Å²) in [5.41, 5.74) is 3.57. The SMILES string of the molecule is COc1ccc(F)cc1CN1CCN(C(=O)COc2ccc3c(c2)CCC3)CC1. The Morgan fingerprint density at radius 3 is 2.62 bits per heavy atom. The molecule has 0 N–H and O–H groups in total. The van der Waals surface area contributed by atoms with Crippen molar-refractivity contribution < 1.29 is 18.7 Å². The Labute approximate surface area is 171 Å². The van der Waals surface area contributed by atoms with Gasteiger partial charge in [-0.3, -0.25) is 9.69 Å². The van der Waals surface area contributed by atoms with E-state index in [0.29, 0.717) is 25.4 Å². The van der Waals surface area contributed by atoms with Crippen molar-refractivity contribution in [2.45, 2.75) is 25.8 Å². The summed E-state index contributed by atoms with van der Waals surface area (Å²) in [6.07, 6.45) is 3.43. The number of rotatable bonds is 6. The number of halogens is 1. The zero-order valence-corrected chi connectivity index (χ0v) is 16.8. The number of methoxy groups -OCH3 is 1. The summed E-state index contributed by atoms with van der Waals surface area (Å²) >= 11 is 0. The molecule has 5 nitrogen and oxygen atoms in total. The van der Waals surface area contributed by atoms with E-state index in [9.17, 15) is 9.18 Å². The molecule has 29 heavy (non-hydrogen) atoms. The molecule has 4 rings (SSSR count). The number of benzene rings is 2. The van der Waals surface area contributed by atoms with E-state index in [1.807, 2.05) is 11.0 Å². The maximum atomic E-state index is 13.6. The minimum absolute atomic E-state index is 0.00786. The lowest BCUT2D eigenvalue weighted by Crippen LogP contribution is -2.49. The summed E-state index contributed by atoms with van der Waals surface area (Å²) in [6.45, 7) is 3.44. The molecule has 0 atom stereocenters. The smallest absolute Gasteiger partial charge is 0.260 e. The van der Waals surface area contributed by atoms with Gasteiger partial charge in [-0.2, -0.15) is 0 Å². The monoisotopic (exact) mass is 398 g/mol. The van der Waals surface area contributed by atoms with Crippen LogP contribution in [0, 0.1) is 5.82 Å². The van der Waals surface area contributed by atoms with Crippen LogP contribution in [0.5, 0.6) is 11.5 Å². The van der Waals surface area contributed by atoms with Crippen LogP contribution in [0.1, 0.15) is 23.1 Å². The molecule has 0 bridgehead atoms. The highest BCUT2D eigenvalue weighted by Crippen LogP contribution is 2.26. The summed E-state index contributed by atoms with van der Waals surface area (Å²) in [7, 11) is 1.59. The first-order chi connectivity index (χ1) is 14.1. The molecule has 6 heteroatoms. The quantitative estimate of drug-likeness (QED) is 0.750. The van der Waals surface area contributed by atoms with Crippen LogP contribution in [0.2, 0.25) is 0 Å². The van der Waals surface area contributed by atoms with Crippen LogP contribution in [0.15, 0.2) is 36.4 Å². The first-order valence-electron chi connectivity index (χ1n) is 10.2. The lowest BCUT2D eigenvalue weighted by atomic mass is 10.1. The minimum Gasteiger partial charge on any atom is -0.496 e. The van der Waals surface area contributed by atoms with Crippen molar-refractivity contribution in [3.63, 3.8) is 0 Å². The van der Waals surface area contributed by atoms with Crippen LogP contribution in [-0.4, -0.2) is 55.6 Å². The number of aryl methyl sites for hydroxylation is 2. The second-order valence-corrected chi connectivity index (χ2v) is 7.69. The minimum atomic E-state index is -0.265. The van der Waals surface area contributed by atoms with Crippen LogP contribution >= 0.6 is 0 Å². The second kappa shape index (κ2) is 8.82. The zero-order chi connectivity index (χ0) is 20.2. The van der Waals surface area contributed by atoms with E-state index in [-0.39, 0.29) is 18.3 Å². The molecule has 0 saturated carbocycles. The fraction of sp³-hybridized carbons (Fsp3) is 0.435. The molecule has 2 aliphatic rings. The van der Waals surface area contributed by atoms with E-state index in [1.54, 1.807) is 13.2 Å². The molecule has 2 aromatic carbocycles. The number of piperazine rings is 1. The summed E-state index contributed by atoms with van der Waals surface area (Å²) < 4.78 is 24.6. The van der Waals surface area contributed by atoms with Crippen molar-refractivity contribution in [2.75, 3.05) is 39.9 Å². The maximum absolute atomic E-state index is 13.6. The van der Waals surface area contributed by atoms with Gasteiger partial charge in [0, 0.05) is 38.3 Å². The Morgan fingerprint density at radius 1 is 1.03 bits per heavy atom. The molecule has 1 aliphatic carbocycles. The van der Waals surface area contributed by atoms with Crippen molar-refractivity contribution >= 4 is 5.91 Å². The predicted octanol–water partition coefficient (Wildman–Crippen LogP) is 3.05. The Hall–Kier alpha value is -2.60. The molecule has 0 radical (unpaired) electrons. The lowest BCUT2D eigenvalue weighted by molar-refractivity contribution is -0.135. The van der Waals surface area contributed by atoms with E-state index >= 15 is 0 Å². The standard InChI is InChI=1S/C23H27FN2O3/c1-28-22-8-6-20(24)13-19(22)15-25-9-11-26(12-10-25)23(27)16-29-21-7-5-17-3-2-4-18(17)14-21/h5-8,13-14H,2-4,9-12,15-16H2,1H3. The number of carbonyl (C=O) groups is 1. The van der Waals surface area contributed by atoms with E-state index < -0.39 is 0 Å². The first-order valence-corrected chi connectivity index (χ1v) is 10.2. The van der Waals surface area contributed by atoms with Gasteiger partial charge in [-0.15, -0.1) is 0 Å². The molecule has 1 saturated heterocycles. The number of hydrogen-bond donors (Lipinski definition) is 0. The van der Waals surface area contributed by atoms with Crippen molar-refractivity contribution in [1.82, 2.24) is 9.80 Å². The van der Waals surface area contributed by atoms with Gasteiger partial charge in [-0.05, 0) is 60.7 Å². The van der Waals surface area contributed by atoms with Gasteiger partial charge in [-0.25, -0.2) is 4.39 Å². The van der Waals surface area contributed by atoms with Gasteiger partial charge in [0.2, 0.25) is 0 Å². The Kier molecular flexibility index (Phi) is 6.00. The van der Waals surface area contributed by atoms with Crippen molar-refractivity contribution in [3.05, 3.63) is 58.9 Å². The Balaban J connectivity index is 1.26. The van der Waals surface area contributed by atoms with Gasteiger partial charge in [0.25, 0.3) is 5.91 Å². The molecule has 1 aliphatic heterocycles. The van der Waals surface area contributed by atoms with Crippen LogP contribution < -0.4 is 9.47 Å². The molecule has 1 fully saturated rings. The molecule has 1 amide bonds. The molecule has 0 aromatic heterocycles. The molecular weight excluding hydrogens is 371 g/mol. The van der Waals surface area contributed by atoms with Crippen LogP contribution in [0.25, 0.3) is 0 Å². The van der Waals surface area contributed by atoms with Crippen molar-refractivity contribution in [3.8, 4) is 11.5 Å². The molecular formula is C23H27FN2O3. The average Bonchev–Trinajstić information content (AvgIpc) is 3.21. The number of carbonyl (C=O) groups excluding carboxylic acids is 1. The van der Waals surface area contributed by atoms with Gasteiger partial charge in [0.15, 0.2) is 6.61 Å². The summed E-state index contributed by atoms with van der Waals surface area (Å²) in [6, 6.07) is 10.7. The third-order valence-corrected chi connectivity index (χ3v) is 5.79. The maximum Gasteiger partial charge on any atom is 0.260 e. The van der Waals surface area contributed by atoms with E-state index in [4.69, 9.17) is 9.47 Å². The number of ether oxygens (including phenoxy) is 2. The van der Waals surface area contributed by atoms with E-state index in [0.717, 1.165) is 37.2 Å². The van der Waals surface area contributed by atoms with Gasteiger partial charge in [0.1, 0.15) is 17.3 Å². The van der Waals surface area contributed by atoms with Crippen molar-refractivity contribution in [1.29, 1.82) is 0 Å². The highest BCUT2D eigenvalue weighted by molar-refractivity contribution is 5.77. The average molecular weight is 398 g/mol. The second-order valence-electron chi connectivity index (χ2n) is 7.69. The number of fused-ring (bicyclic) bond motifs is 1. The topological polar surface area (TPSA) is 42.0 Å². The third kappa shape index (κ3) is 4.70. The third-order valence-electron chi connectivity index (χ3n) is 5.79. The Morgan fingerprint density at radius 2 is 1.83 bits per heavy atom.